The molecule has 1 aromatic heterocycles. The van der Waals surface area contributed by atoms with Gasteiger partial charge in [-0.2, -0.15) is 13.2 Å². The molecule has 7 nitrogen and oxygen atoms in total. The van der Waals surface area contributed by atoms with Crippen molar-refractivity contribution in [3.8, 4) is 17.2 Å². The molecule has 2 N–H and O–H groups in total. The van der Waals surface area contributed by atoms with Crippen LogP contribution in [0.3, 0.4) is 0 Å². The maximum Gasteiger partial charge on any atom is 0.416 e. The van der Waals surface area contributed by atoms with Gasteiger partial charge in [-0.05, 0) is 55.8 Å². The normalized spacial score (nSPS) is 23.5. The van der Waals surface area contributed by atoms with Gasteiger partial charge < -0.3 is 20.1 Å². The van der Waals surface area contributed by atoms with E-state index in [2.05, 4.69) is 15.6 Å². The Balaban J connectivity index is 1.21. The molecule has 1 fully saturated rings. The van der Waals surface area contributed by atoms with Crippen LogP contribution in [0.15, 0.2) is 54.7 Å². The van der Waals surface area contributed by atoms with Crippen molar-refractivity contribution >= 4 is 17.6 Å². The molecular formula is C26H20F3N3O4. The molecule has 2 aromatic carbocycles. The summed E-state index contributed by atoms with van der Waals surface area (Å²) in [6.45, 7) is 1.86. The van der Waals surface area contributed by atoms with Crippen LogP contribution >= 0.6 is 0 Å². The van der Waals surface area contributed by atoms with Crippen molar-refractivity contribution in [3.63, 3.8) is 0 Å². The van der Waals surface area contributed by atoms with Gasteiger partial charge in [-0.15, -0.1) is 0 Å². The molecule has 3 aliphatic rings. The molecule has 1 aliphatic carbocycles. The van der Waals surface area contributed by atoms with Gasteiger partial charge in [0, 0.05) is 29.3 Å². The van der Waals surface area contributed by atoms with E-state index in [-0.39, 0.29) is 17.4 Å². The number of aromatic nitrogens is 1. The molecule has 6 rings (SSSR count). The van der Waals surface area contributed by atoms with Crippen molar-refractivity contribution in [1.29, 1.82) is 0 Å². The van der Waals surface area contributed by atoms with Crippen LogP contribution < -0.4 is 20.1 Å². The number of carbonyl (C=O) groups excluding carboxylic acids is 2. The van der Waals surface area contributed by atoms with Crippen LogP contribution in [0.1, 0.15) is 46.3 Å². The van der Waals surface area contributed by atoms with Crippen LogP contribution in [0.5, 0.6) is 17.2 Å². The molecule has 1 saturated carbocycles. The highest BCUT2D eigenvalue weighted by molar-refractivity contribution is 5.95. The number of hydrogen-bond acceptors (Lipinski definition) is 5. The van der Waals surface area contributed by atoms with Crippen LogP contribution in [0.25, 0.3) is 0 Å². The van der Waals surface area contributed by atoms with E-state index in [0.717, 1.165) is 23.3 Å². The highest BCUT2D eigenvalue weighted by Crippen LogP contribution is 2.62. The summed E-state index contributed by atoms with van der Waals surface area (Å²) in [5, 5.41) is 5.57. The number of nitrogens with zero attached hydrogens (tertiary/aromatic N) is 1. The number of fused-ring (bicyclic) bond motifs is 4. The second-order valence-corrected chi connectivity index (χ2v) is 9.28. The van der Waals surface area contributed by atoms with E-state index in [9.17, 15) is 22.8 Å². The van der Waals surface area contributed by atoms with Gasteiger partial charge in [0.25, 0.3) is 5.91 Å². The van der Waals surface area contributed by atoms with Gasteiger partial charge in [-0.25, -0.2) is 4.98 Å². The van der Waals surface area contributed by atoms with Crippen LogP contribution in [-0.4, -0.2) is 28.4 Å². The largest absolute Gasteiger partial charge is 0.484 e. The molecule has 0 radical (unpaired) electrons. The fraction of sp³-hybridized carbons (Fsp3) is 0.269. The SMILES string of the molecule is CC12Oc3ccc(Oc4ccnc5c4CCC(=O)N5)cc3[C@H]1[C@@H]2NC(=O)c1cccc(C(F)(F)F)c1. The third-order valence-electron chi connectivity index (χ3n) is 6.94. The first-order valence-electron chi connectivity index (χ1n) is 11.4. The lowest BCUT2D eigenvalue weighted by Gasteiger charge is -2.19. The number of hydrogen-bond donors (Lipinski definition) is 2. The van der Waals surface area contributed by atoms with Crippen LogP contribution in [-0.2, 0) is 17.4 Å². The highest BCUT2D eigenvalue weighted by Gasteiger charge is 2.70. The molecule has 10 heteroatoms. The monoisotopic (exact) mass is 495 g/mol. The number of carbonyl (C=O) groups is 2. The zero-order valence-electron chi connectivity index (χ0n) is 19.0. The molecule has 184 valence electrons. The van der Waals surface area contributed by atoms with Crippen molar-refractivity contribution in [2.45, 2.75) is 43.5 Å². The smallest absolute Gasteiger partial charge is 0.416 e. The number of benzene rings is 2. The van der Waals surface area contributed by atoms with E-state index in [1.54, 1.807) is 24.4 Å². The fourth-order valence-corrected chi connectivity index (χ4v) is 5.04. The first-order valence-corrected chi connectivity index (χ1v) is 11.4. The maximum absolute atomic E-state index is 13.0. The van der Waals surface area contributed by atoms with E-state index in [1.807, 2.05) is 13.0 Å². The van der Waals surface area contributed by atoms with Gasteiger partial charge in [-0.1, -0.05) is 6.07 Å². The summed E-state index contributed by atoms with van der Waals surface area (Å²) in [5.74, 6) is 1.45. The Morgan fingerprint density at radius 3 is 2.83 bits per heavy atom. The van der Waals surface area contributed by atoms with Gasteiger partial charge in [0.1, 0.15) is 28.7 Å². The molecule has 36 heavy (non-hydrogen) atoms. The third-order valence-corrected chi connectivity index (χ3v) is 6.94. The Hall–Kier alpha value is -4.08. The minimum atomic E-state index is -4.53. The average molecular weight is 495 g/mol. The molecule has 1 unspecified atom stereocenters. The molecular weight excluding hydrogens is 475 g/mol. The van der Waals surface area contributed by atoms with Crippen LogP contribution in [0, 0.1) is 0 Å². The maximum atomic E-state index is 13.0. The second-order valence-electron chi connectivity index (χ2n) is 9.28. The highest BCUT2D eigenvalue weighted by atomic mass is 19.4. The number of nitrogens with one attached hydrogen (secondary N) is 2. The van der Waals surface area contributed by atoms with Gasteiger partial charge in [0.05, 0.1) is 17.5 Å². The van der Waals surface area contributed by atoms with E-state index in [1.165, 1.54) is 12.1 Å². The van der Waals surface area contributed by atoms with E-state index < -0.39 is 29.3 Å². The lowest BCUT2D eigenvalue weighted by molar-refractivity contribution is -0.137. The summed E-state index contributed by atoms with van der Waals surface area (Å²) in [6, 6.07) is 11.1. The molecule has 0 saturated heterocycles. The predicted molar refractivity (Wildman–Crippen MR) is 122 cm³/mol. The number of ether oxygens (including phenoxy) is 2. The molecule has 0 spiro atoms. The van der Waals surface area contributed by atoms with Crippen molar-refractivity contribution in [2.75, 3.05) is 5.32 Å². The summed E-state index contributed by atoms with van der Waals surface area (Å²) >= 11 is 0. The van der Waals surface area contributed by atoms with Crippen molar-refractivity contribution in [3.05, 3.63) is 77.0 Å². The minimum Gasteiger partial charge on any atom is -0.484 e. The Kier molecular flexibility index (Phi) is 4.79. The summed E-state index contributed by atoms with van der Waals surface area (Å²) in [7, 11) is 0. The average Bonchev–Trinajstić information content (AvgIpc) is 3.27. The van der Waals surface area contributed by atoms with Crippen molar-refractivity contribution in [2.24, 2.45) is 0 Å². The first-order chi connectivity index (χ1) is 17.1. The molecule has 2 aliphatic heterocycles. The summed E-state index contributed by atoms with van der Waals surface area (Å²) < 4.78 is 51.3. The van der Waals surface area contributed by atoms with Gasteiger partial charge >= 0.3 is 6.18 Å². The topological polar surface area (TPSA) is 89.6 Å². The standard InChI is InChI=1S/C26H20F3N3O4/c1-25-21(22(25)32-24(34)13-3-2-4-14(11-13)26(27,28)29)17-12-15(5-7-19(17)36-25)35-18-9-10-30-23-16(18)6-8-20(33)31-23/h2-5,7,9-12,21-22H,6,8H2,1H3,(H,32,34)(H,30,31,33)/t21-,22-,25?/m0/s1. The number of rotatable bonds is 4. The molecule has 0 bridgehead atoms. The Labute approximate surface area is 203 Å². The van der Waals surface area contributed by atoms with Crippen LogP contribution in [0.2, 0.25) is 0 Å². The van der Waals surface area contributed by atoms with Gasteiger partial charge in [0.2, 0.25) is 5.91 Å². The predicted octanol–water partition coefficient (Wildman–Crippen LogP) is 4.82. The quantitative estimate of drug-likeness (QED) is 0.542. The number of halogens is 3. The number of alkyl halides is 3. The Bertz CT molecular complexity index is 1420. The van der Waals surface area contributed by atoms with Crippen molar-refractivity contribution < 1.29 is 32.2 Å². The van der Waals surface area contributed by atoms with Gasteiger partial charge in [-0.3, -0.25) is 9.59 Å². The van der Waals surface area contributed by atoms with Crippen molar-refractivity contribution in [1.82, 2.24) is 10.3 Å². The summed E-state index contributed by atoms with van der Waals surface area (Å²) in [5.41, 5.74) is 0.0269. The third kappa shape index (κ3) is 3.64. The number of amides is 2. The zero-order chi connectivity index (χ0) is 25.2. The molecule has 2 amide bonds. The summed E-state index contributed by atoms with van der Waals surface area (Å²) in [4.78, 5) is 28.6. The molecule has 3 atom stereocenters. The molecule has 3 heterocycles. The van der Waals surface area contributed by atoms with E-state index in [4.69, 9.17) is 9.47 Å². The number of anilines is 1. The Morgan fingerprint density at radius 2 is 2.03 bits per heavy atom. The minimum absolute atomic E-state index is 0.0646. The molecule has 3 aromatic rings. The fourth-order valence-electron chi connectivity index (χ4n) is 5.04. The van der Waals surface area contributed by atoms with Gasteiger partial charge in [0.15, 0.2) is 0 Å². The number of pyridine rings is 1. The lowest BCUT2D eigenvalue weighted by atomic mass is 10.1. The zero-order valence-corrected chi connectivity index (χ0v) is 19.0. The first kappa shape index (κ1) is 22.4. The van der Waals surface area contributed by atoms with E-state index in [0.29, 0.717) is 35.9 Å². The Morgan fingerprint density at radius 1 is 1.19 bits per heavy atom. The second kappa shape index (κ2) is 7.71. The van der Waals surface area contributed by atoms with Crippen LogP contribution in [0.4, 0.5) is 19.0 Å². The lowest BCUT2D eigenvalue weighted by Crippen LogP contribution is -2.34. The summed E-state index contributed by atoms with van der Waals surface area (Å²) in [6.07, 6.45) is -2.10. The van der Waals surface area contributed by atoms with E-state index >= 15 is 0 Å².